The Morgan fingerprint density at radius 3 is 2.59 bits per heavy atom. The van der Waals surface area contributed by atoms with E-state index >= 15 is 0 Å². The van der Waals surface area contributed by atoms with Crippen LogP contribution in [0.2, 0.25) is 0 Å². The molecule has 2 aromatic heterocycles. The van der Waals surface area contributed by atoms with Crippen LogP contribution in [0.5, 0.6) is 0 Å². The van der Waals surface area contributed by atoms with E-state index in [9.17, 15) is 4.79 Å². The molecule has 1 unspecified atom stereocenters. The highest BCUT2D eigenvalue weighted by Gasteiger charge is 2.39. The molecule has 192 valence electrons. The molecule has 0 amide bonds. The molecular weight excluding hydrogens is 458 g/mol. The normalized spacial score (nSPS) is 19.0. The maximum absolute atomic E-state index is 13.2. The van der Waals surface area contributed by atoms with Crippen molar-refractivity contribution in [2.45, 2.75) is 78.7 Å². The smallest absolute Gasteiger partial charge is 0.255 e. The van der Waals surface area contributed by atoms with Crippen molar-refractivity contribution >= 4 is 16.9 Å². The first-order chi connectivity index (χ1) is 17.7. The van der Waals surface area contributed by atoms with Crippen LogP contribution < -0.4 is 10.5 Å². The summed E-state index contributed by atoms with van der Waals surface area (Å²) in [4.78, 5) is 26.5. The Hall–Kier alpha value is -3.38. The molecular formula is C31H37N5O. The summed E-state index contributed by atoms with van der Waals surface area (Å²) < 4.78 is 1.82. The number of hydrogen-bond acceptors (Lipinski definition) is 4. The number of nitrogens with one attached hydrogen (secondary N) is 1. The van der Waals surface area contributed by atoms with Crippen molar-refractivity contribution in [2.24, 2.45) is 0 Å². The number of rotatable bonds is 4. The number of anilines is 1. The summed E-state index contributed by atoms with van der Waals surface area (Å²) in [5.41, 5.74) is 7.89. The lowest BCUT2D eigenvalue weighted by molar-refractivity contribution is 0.195. The summed E-state index contributed by atoms with van der Waals surface area (Å²) in [7, 11) is 0. The van der Waals surface area contributed by atoms with Crippen molar-refractivity contribution in [3.8, 4) is 22.4 Å². The standard InChI is InChI=1S/C31H37N5O/c1-7-34-17-24-13-22(9-8-21(24)12-20(34)4)23-10-11-27-25(14-23)26(16-32-27)28-15-29(37)35-18-31(5,6)36(19(2)3)30(35)33-28/h8-11,13-16,19-20,32H,7,12,17-18H2,1-6H3. The van der Waals surface area contributed by atoms with Gasteiger partial charge in [-0.2, -0.15) is 0 Å². The summed E-state index contributed by atoms with van der Waals surface area (Å²) in [6, 6.07) is 16.0. The Morgan fingerprint density at radius 2 is 1.84 bits per heavy atom. The third kappa shape index (κ3) is 3.89. The number of fused-ring (bicyclic) bond motifs is 3. The molecule has 0 fully saturated rings. The Kier molecular flexibility index (Phi) is 5.57. The van der Waals surface area contributed by atoms with Crippen LogP contribution >= 0.6 is 0 Å². The largest absolute Gasteiger partial charge is 0.360 e. The quantitative estimate of drug-likeness (QED) is 0.387. The van der Waals surface area contributed by atoms with Crippen LogP contribution in [0.1, 0.15) is 52.7 Å². The lowest BCUT2D eigenvalue weighted by Crippen LogP contribution is -2.45. The molecule has 6 rings (SSSR count). The van der Waals surface area contributed by atoms with Crippen LogP contribution in [0, 0.1) is 0 Å². The van der Waals surface area contributed by atoms with Gasteiger partial charge in [0, 0.05) is 47.4 Å². The Balaban J connectivity index is 1.43. The van der Waals surface area contributed by atoms with Crippen LogP contribution in [0.4, 0.5) is 5.95 Å². The zero-order valence-electron chi connectivity index (χ0n) is 22.8. The first-order valence-corrected chi connectivity index (χ1v) is 13.5. The molecule has 0 aliphatic carbocycles. The highest BCUT2D eigenvalue weighted by atomic mass is 16.1. The van der Waals surface area contributed by atoms with Gasteiger partial charge in [-0.05, 0) is 88.0 Å². The number of H-pyrrole nitrogens is 1. The molecule has 0 radical (unpaired) electrons. The summed E-state index contributed by atoms with van der Waals surface area (Å²) >= 11 is 0. The fourth-order valence-electron chi connectivity index (χ4n) is 6.54. The molecule has 37 heavy (non-hydrogen) atoms. The summed E-state index contributed by atoms with van der Waals surface area (Å²) in [5.74, 6) is 0.761. The van der Waals surface area contributed by atoms with Gasteiger partial charge >= 0.3 is 0 Å². The van der Waals surface area contributed by atoms with Gasteiger partial charge < -0.3 is 9.88 Å². The van der Waals surface area contributed by atoms with Crippen molar-refractivity contribution in [1.29, 1.82) is 0 Å². The van der Waals surface area contributed by atoms with Crippen molar-refractivity contribution in [3.05, 3.63) is 70.1 Å². The van der Waals surface area contributed by atoms with E-state index in [1.165, 1.54) is 22.3 Å². The minimum atomic E-state index is -0.156. The van der Waals surface area contributed by atoms with Gasteiger partial charge in [-0.3, -0.25) is 14.3 Å². The van der Waals surface area contributed by atoms with Crippen LogP contribution in [0.15, 0.2) is 53.5 Å². The molecule has 0 spiro atoms. The van der Waals surface area contributed by atoms with E-state index in [4.69, 9.17) is 4.98 Å². The zero-order chi connectivity index (χ0) is 26.1. The Morgan fingerprint density at radius 1 is 1.08 bits per heavy atom. The number of aromatic amines is 1. The molecule has 2 aromatic carbocycles. The van der Waals surface area contributed by atoms with Crippen molar-refractivity contribution in [1.82, 2.24) is 19.4 Å². The molecule has 0 saturated heterocycles. The van der Waals surface area contributed by atoms with E-state index in [1.807, 2.05) is 10.8 Å². The monoisotopic (exact) mass is 495 g/mol. The van der Waals surface area contributed by atoms with E-state index in [1.54, 1.807) is 6.07 Å². The van der Waals surface area contributed by atoms with E-state index in [0.717, 1.165) is 47.6 Å². The minimum Gasteiger partial charge on any atom is -0.360 e. The molecule has 0 saturated carbocycles. The molecule has 1 atom stereocenters. The predicted octanol–water partition coefficient (Wildman–Crippen LogP) is 5.83. The van der Waals surface area contributed by atoms with Gasteiger partial charge in [0.05, 0.1) is 17.8 Å². The van der Waals surface area contributed by atoms with E-state index in [2.05, 4.69) is 92.7 Å². The van der Waals surface area contributed by atoms with E-state index in [0.29, 0.717) is 12.6 Å². The van der Waals surface area contributed by atoms with Crippen molar-refractivity contribution < 1.29 is 0 Å². The van der Waals surface area contributed by atoms with Crippen LogP contribution in [0.3, 0.4) is 0 Å². The SMILES string of the molecule is CCN1Cc2cc(-c3ccc4[nH]cc(-c5cc(=O)n6c(n5)N(C(C)C)C(C)(C)C6)c4c3)ccc2CC1C. The van der Waals surface area contributed by atoms with Gasteiger partial charge in [0.2, 0.25) is 5.95 Å². The molecule has 0 bridgehead atoms. The molecule has 2 aliphatic rings. The van der Waals surface area contributed by atoms with Crippen LogP contribution in [-0.4, -0.2) is 43.6 Å². The third-order valence-corrected chi connectivity index (χ3v) is 8.33. The average Bonchev–Trinajstić information content (AvgIpc) is 3.40. The number of hydrogen-bond donors (Lipinski definition) is 1. The summed E-state index contributed by atoms with van der Waals surface area (Å²) in [6.07, 6.45) is 3.09. The topological polar surface area (TPSA) is 57.2 Å². The summed E-state index contributed by atoms with van der Waals surface area (Å²) in [6.45, 7) is 16.0. The highest BCUT2D eigenvalue weighted by molar-refractivity contribution is 5.97. The molecule has 6 nitrogen and oxygen atoms in total. The number of benzene rings is 2. The molecule has 2 aliphatic heterocycles. The zero-order valence-corrected chi connectivity index (χ0v) is 22.8. The van der Waals surface area contributed by atoms with E-state index < -0.39 is 0 Å². The molecule has 6 heteroatoms. The van der Waals surface area contributed by atoms with Gasteiger partial charge in [0.25, 0.3) is 5.56 Å². The predicted molar refractivity (Wildman–Crippen MR) is 152 cm³/mol. The first-order valence-electron chi connectivity index (χ1n) is 13.5. The number of nitrogens with zero attached hydrogens (tertiary/aromatic N) is 4. The Bertz CT molecular complexity index is 1560. The lowest BCUT2D eigenvalue weighted by atomic mass is 9.91. The lowest BCUT2D eigenvalue weighted by Gasteiger charge is -2.35. The van der Waals surface area contributed by atoms with Gasteiger partial charge in [0.15, 0.2) is 0 Å². The van der Waals surface area contributed by atoms with Crippen LogP contribution in [-0.2, 0) is 19.5 Å². The molecule has 4 heterocycles. The van der Waals surface area contributed by atoms with Crippen molar-refractivity contribution in [3.63, 3.8) is 0 Å². The maximum Gasteiger partial charge on any atom is 0.255 e. The maximum atomic E-state index is 13.2. The molecule has 4 aromatic rings. The first kappa shape index (κ1) is 24.0. The second kappa shape index (κ2) is 8.59. The van der Waals surface area contributed by atoms with Crippen molar-refractivity contribution in [2.75, 3.05) is 11.4 Å². The average molecular weight is 496 g/mol. The molecule has 1 N–H and O–H groups in total. The van der Waals surface area contributed by atoms with Gasteiger partial charge in [-0.1, -0.05) is 25.1 Å². The number of likely N-dealkylation sites (N-methyl/N-ethyl adjacent to an activating group) is 1. The third-order valence-electron chi connectivity index (χ3n) is 8.33. The van der Waals surface area contributed by atoms with Crippen LogP contribution in [0.25, 0.3) is 33.3 Å². The number of aromatic nitrogens is 3. The van der Waals surface area contributed by atoms with Gasteiger partial charge in [-0.25, -0.2) is 4.98 Å². The second-order valence-corrected chi connectivity index (χ2v) is 11.7. The van der Waals surface area contributed by atoms with Gasteiger partial charge in [0.1, 0.15) is 0 Å². The minimum absolute atomic E-state index is 0.00567. The highest BCUT2D eigenvalue weighted by Crippen LogP contribution is 2.37. The fourth-order valence-corrected chi connectivity index (χ4v) is 6.54. The fraction of sp³-hybridized carbons (Fsp3) is 0.419. The Labute approximate surface area is 218 Å². The van der Waals surface area contributed by atoms with Gasteiger partial charge in [-0.15, -0.1) is 0 Å². The van der Waals surface area contributed by atoms with E-state index in [-0.39, 0.29) is 17.1 Å². The summed E-state index contributed by atoms with van der Waals surface area (Å²) in [5, 5.41) is 1.09. The second-order valence-electron chi connectivity index (χ2n) is 11.7.